The van der Waals surface area contributed by atoms with E-state index in [0.29, 0.717) is 17.0 Å². The minimum atomic E-state index is -0.00229. The molecule has 0 unspecified atom stereocenters. The van der Waals surface area contributed by atoms with Gasteiger partial charge in [-0.25, -0.2) is 0 Å². The third-order valence-electron chi connectivity index (χ3n) is 3.17. The first-order valence-corrected chi connectivity index (χ1v) is 7.28. The van der Waals surface area contributed by atoms with Gasteiger partial charge >= 0.3 is 0 Å². The Morgan fingerprint density at radius 2 is 2.21 bits per heavy atom. The molecule has 2 rings (SSSR count). The van der Waals surface area contributed by atoms with Crippen molar-refractivity contribution in [2.45, 2.75) is 18.6 Å². The van der Waals surface area contributed by atoms with Crippen LogP contribution in [0.3, 0.4) is 0 Å². The molecule has 0 aliphatic carbocycles. The highest BCUT2D eigenvalue weighted by Crippen LogP contribution is 2.31. The molecule has 0 radical (unpaired) electrons. The van der Waals surface area contributed by atoms with Gasteiger partial charge in [-0.3, -0.25) is 4.79 Å². The van der Waals surface area contributed by atoms with Gasteiger partial charge in [0.25, 0.3) is 5.91 Å². The van der Waals surface area contributed by atoms with Crippen LogP contribution in [0.25, 0.3) is 0 Å². The Kier molecular flexibility index (Phi) is 3.94. The van der Waals surface area contributed by atoms with Crippen LogP contribution in [0.15, 0.2) is 18.2 Å². The van der Waals surface area contributed by atoms with Crippen molar-refractivity contribution >= 4 is 23.4 Å². The van der Waals surface area contributed by atoms with Gasteiger partial charge in [-0.1, -0.05) is 0 Å². The van der Waals surface area contributed by atoms with E-state index in [1.165, 1.54) is 0 Å². The summed E-state index contributed by atoms with van der Waals surface area (Å²) >= 11 is 1.90. The third kappa shape index (κ3) is 3.15. The Labute approximate surface area is 118 Å². The lowest BCUT2D eigenvalue weighted by molar-refractivity contribution is 0.0744. The normalized spacial score (nSPS) is 18.2. The fraction of sp³-hybridized carbons (Fsp3) is 0.500. The van der Waals surface area contributed by atoms with E-state index in [1.807, 2.05) is 16.7 Å². The van der Waals surface area contributed by atoms with Crippen molar-refractivity contribution in [3.05, 3.63) is 23.8 Å². The molecule has 1 aliphatic rings. The second-order valence-electron chi connectivity index (χ2n) is 5.29. The van der Waals surface area contributed by atoms with E-state index < -0.39 is 0 Å². The zero-order valence-electron chi connectivity index (χ0n) is 11.6. The van der Waals surface area contributed by atoms with Crippen LogP contribution in [0.4, 0.5) is 5.69 Å². The van der Waals surface area contributed by atoms with Gasteiger partial charge in [0.2, 0.25) is 0 Å². The maximum Gasteiger partial charge on any atom is 0.257 e. The molecule has 1 heterocycles. The lowest BCUT2D eigenvalue weighted by Gasteiger charge is -2.37. The van der Waals surface area contributed by atoms with Crippen LogP contribution in [-0.2, 0) is 0 Å². The van der Waals surface area contributed by atoms with Crippen LogP contribution >= 0.6 is 11.8 Å². The number of carbonyl (C=O) groups is 1. The third-order valence-corrected chi connectivity index (χ3v) is 4.46. The van der Waals surface area contributed by atoms with Gasteiger partial charge in [-0.15, -0.1) is 0 Å². The van der Waals surface area contributed by atoms with E-state index in [-0.39, 0.29) is 10.7 Å². The standard InChI is InChI=1S/C14H20N2O2S/c1-14(2)9-16(6-7-19-14)13(17)11-8-10(15)4-5-12(11)18-3/h4-5,8H,6-7,9,15H2,1-3H3. The Balaban J connectivity index is 2.26. The number of hydrogen-bond acceptors (Lipinski definition) is 4. The van der Waals surface area contributed by atoms with Gasteiger partial charge in [0.05, 0.1) is 12.7 Å². The average molecular weight is 280 g/mol. The van der Waals surface area contributed by atoms with E-state index in [9.17, 15) is 4.79 Å². The maximum absolute atomic E-state index is 12.6. The molecule has 4 nitrogen and oxygen atoms in total. The van der Waals surface area contributed by atoms with Crippen LogP contribution in [0.1, 0.15) is 24.2 Å². The molecule has 1 fully saturated rings. The monoisotopic (exact) mass is 280 g/mol. The first-order chi connectivity index (χ1) is 8.93. The molecule has 19 heavy (non-hydrogen) atoms. The summed E-state index contributed by atoms with van der Waals surface area (Å²) < 4.78 is 5.35. The van der Waals surface area contributed by atoms with E-state index >= 15 is 0 Å². The molecule has 1 saturated heterocycles. The first kappa shape index (κ1) is 14.1. The lowest BCUT2D eigenvalue weighted by atomic mass is 10.1. The summed E-state index contributed by atoms with van der Waals surface area (Å²) in [5.41, 5.74) is 6.90. The molecular weight excluding hydrogens is 260 g/mol. The summed E-state index contributed by atoms with van der Waals surface area (Å²) in [7, 11) is 1.57. The average Bonchev–Trinajstić information content (AvgIpc) is 2.36. The van der Waals surface area contributed by atoms with Gasteiger partial charge in [0.15, 0.2) is 0 Å². The Bertz CT molecular complexity index is 488. The van der Waals surface area contributed by atoms with Gasteiger partial charge < -0.3 is 15.4 Å². The van der Waals surface area contributed by atoms with Crippen molar-refractivity contribution < 1.29 is 9.53 Å². The Morgan fingerprint density at radius 3 is 2.84 bits per heavy atom. The predicted molar refractivity (Wildman–Crippen MR) is 79.8 cm³/mol. The van der Waals surface area contributed by atoms with E-state index in [2.05, 4.69) is 13.8 Å². The highest BCUT2D eigenvalue weighted by molar-refractivity contribution is 8.00. The van der Waals surface area contributed by atoms with Crippen LogP contribution in [0.5, 0.6) is 5.75 Å². The summed E-state index contributed by atoms with van der Waals surface area (Å²) in [6.07, 6.45) is 0. The van der Waals surface area contributed by atoms with Crippen LogP contribution in [-0.4, -0.2) is 41.5 Å². The number of methoxy groups -OCH3 is 1. The van der Waals surface area contributed by atoms with Gasteiger partial charge in [0, 0.05) is 29.3 Å². The molecule has 1 aromatic rings. The molecule has 104 valence electrons. The molecule has 0 saturated carbocycles. The summed E-state index contributed by atoms with van der Waals surface area (Å²) in [4.78, 5) is 14.5. The molecule has 1 amide bonds. The lowest BCUT2D eigenvalue weighted by Crippen LogP contribution is -2.46. The molecule has 0 spiro atoms. The second-order valence-corrected chi connectivity index (χ2v) is 7.10. The molecule has 5 heteroatoms. The fourth-order valence-corrected chi connectivity index (χ4v) is 3.36. The minimum Gasteiger partial charge on any atom is -0.496 e. The van der Waals surface area contributed by atoms with Gasteiger partial charge in [-0.05, 0) is 32.0 Å². The molecule has 0 bridgehead atoms. The summed E-state index contributed by atoms with van der Waals surface area (Å²) in [6.45, 7) is 5.83. The van der Waals surface area contributed by atoms with Crippen molar-refractivity contribution in [2.75, 3.05) is 31.7 Å². The number of carbonyl (C=O) groups excluding carboxylic acids is 1. The van der Waals surface area contributed by atoms with Gasteiger partial charge in [0.1, 0.15) is 5.75 Å². The number of nitrogens with two attached hydrogens (primary N) is 1. The van der Waals surface area contributed by atoms with Crippen molar-refractivity contribution in [1.29, 1.82) is 0 Å². The SMILES string of the molecule is COc1ccc(N)cc1C(=O)N1CCSC(C)(C)C1. The first-order valence-electron chi connectivity index (χ1n) is 6.30. The summed E-state index contributed by atoms with van der Waals surface area (Å²) in [5.74, 6) is 1.54. The van der Waals surface area contributed by atoms with E-state index in [4.69, 9.17) is 10.5 Å². The number of benzene rings is 1. The van der Waals surface area contributed by atoms with E-state index in [1.54, 1.807) is 25.3 Å². The topological polar surface area (TPSA) is 55.6 Å². The molecule has 2 N–H and O–H groups in total. The van der Waals surface area contributed by atoms with E-state index in [0.717, 1.165) is 18.8 Å². The zero-order valence-corrected chi connectivity index (χ0v) is 12.4. The largest absolute Gasteiger partial charge is 0.496 e. The molecule has 0 aromatic heterocycles. The van der Waals surface area contributed by atoms with Crippen molar-refractivity contribution in [3.8, 4) is 5.75 Å². The Hall–Kier alpha value is -1.36. The number of anilines is 1. The number of nitrogens with zero attached hydrogens (tertiary/aromatic N) is 1. The number of hydrogen-bond donors (Lipinski definition) is 1. The highest BCUT2D eigenvalue weighted by Gasteiger charge is 2.31. The smallest absolute Gasteiger partial charge is 0.257 e. The van der Waals surface area contributed by atoms with Crippen molar-refractivity contribution in [2.24, 2.45) is 0 Å². The number of nitrogen functional groups attached to an aromatic ring is 1. The number of amides is 1. The summed E-state index contributed by atoms with van der Waals surface area (Å²) in [6, 6.07) is 5.17. The maximum atomic E-state index is 12.6. The van der Waals surface area contributed by atoms with Crippen LogP contribution in [0, 0.1) is 0 Å². The van der Waals surface area contributed by atoms with Crippen molar-refractivity contribution in [1.82, 2.24) is 4.90 Å². The number of thioether (sulfide) groups is 1. The minimum absolute atomic E-state index is 0.00229. The molecule has 0 atom stereocenters. The number of rotatable bonds is 2. The zero-order chi connectivity index (χ0) is 14.0. The molecule has 1 aromatic carbocycles. The van der Waals surface area contributed by atoms with Crippen molar-refractivity contribution in [3.63, 3.8) is 0 Å². The fourth-order valence-electron chi connectivity index (χ4n) is 2.25. The summed E-state index contributed by atoms with van der Waals surface area (Å²) in [5, 5.41) is 0. The van der Waals surface area contributed by atoms with Crippen LogP contribution < -0.4 is 10.5 Å². The highest BCUT2D eigenvalue weighted by atomic mass is 32.2. The number of ether oxygens (including phenoxy) is 1. The second kappa shape index (κ2) is 5.33. The molecular formula is C14H20N2O2S. The predicted octanol–water partition coefficient (Wildman–Crippen LogP) is 2.25. The Morgan fingerprint density at radius 1 is 1.47 bits per heavy atom. The molecule has 1 aliphatic heterocycles. The quantitative estimate of drug-likeness (QED) is 0.844. The van der Waals surface area contributed by atoms with Crippen LogP contribution in [0.2, 0.25) is 0 Å². The van der Waals surface area contributed by atoms with Gasteiger partial charge in [-0.2, -0.15) is 11.8 Å².